The first-order valence-electron chi connectivity index (χ1n) is 11.8. The smallest absolute Gasteiger partial charge is 0.268 e. The molecule has 7 heteroatoms. The fraction of sp³-hybridized carbons (Fsp3) is 0.179. The third-order valence-electron chi connectivity index (χ3n) is 6.81. The maximum atomic E-state index is 13.8. The van der Waals surface area contributed by atoms with Crippen LogP contribution in [-0.4, -0.2) is 19.2 Å². The molecule has 0 amide bonds. The van der Waals surface area contributed by atoms with Crippen molar-refractivity contribution in [2.24, 2.45) is 0 Å². The molecule has 0 unspecified atom stereocenters. The van der Waals surface area contributed by atoms with Crippen LogP contribution in [0.3, 0.4) is 0 Å². The van der Waals surface area contributed by atoms with Gasteiger partial charge in [-0.2, -0.15) is 0 Å². The number of aromatic nitrogens is 4. The largest absolute Gasteiger partial charge is 0.268 e. The first kappa shape index (κ1) is 20.9. The van der Waals surface area contributed by atoms with Crippen LogP contribution >= 0.6 is 23.1 Å². The molecule has 0 saturated heterocycles. The van der Waals surface area contributed by atoms with E-state index >= 15 is 0 Å². The Hall–Kier alpha value is -3.42. The predicted octanol–water partition coefficient (Wildman–Crippen LogP) is 6.34. The van der Waals surface area contributed by atoms with Gasteiger partial charge in [-0.05, 0) is 60.2 Å². The molecule has 5 nitrogen and oxygen atoms in total. The van der Waals surface area contributed by atoms with Gasteiger partial charge in [-0.3, -0.25) is 4.79 Å². The number of benzene rings is 3. The van der Waals surface area contributed by atoms with Crippen molar-refractivity contribution in [1.82, 2.24) is 19.2 Å². The van der Waals surface area contributed by atoms with Crippen molar-refractivity contribution < 1.29 is 0 Å². The van der Waals surface area contributed by atoms with Crippen LogP contribution in [0.5, 0.6) is 0 Å². The summed E-state index contributed by atoms with van der Waals surface area (Å²) in [5.74, 6) is 1.36. The quantitative estimate of drug-likeness (QED) is 0.269. The molecule has 3 aromatic carbocycles. The first-order valence-corrected chi connectivity index (χ1v) is 13.6. The number of rotatable bonds is 4. The molecule has 0 atom stereocenters. The molecule has 7 rings (SSSR count). The molecular weight excluding hydrogens is 472 g/mol. The zero-order valence-electron chi connectivity index (χ0n) is 19.2. The molecule has 3 aromatic heterocycles. The first-order chi connectivity index (χ1) is 17.2. The average Bonchev–Trinajstić information content (AvgIpc) is 3.58. The molecule has 0 N–H and O–H groups in total. The van der Waals surface area contributed by atoms with Gasteiger partial charge in [-0.15, -0.1) is 21.5 Å². The Morgan fingerprint density at radius 1 is 0.971 bits per heavy atom. The number of fused-ring (bicyclic) bond motifs is 6. The lowest BCUT2D eigenvalue weighted by atomic mass is 10.1. The maximum absolute atomic E-state index is 13.8. The Kier molecular flexibility index (Phi) is 4.82. The van der Waals surface area contributed by atoms with Crippen molar-refractivity contribution in [1.29, 1.82) is 0 Å². The van der Waals surface area contributed by atoms with Crippen molar-refractivity contribution in [3.63, 3.8) is 0 Å². The van der Waals surface area contributed by atoms with Crippen molar-refractivity contribution in [3.05, 3.63) is 98.7 Å². The maximum Gasteiger partial charge on any atom is 0.268 e. The lowest BCUT2D eigenvalue weighted by Crippen LogP contribution is -2.21. The highest BCUT2D eigenvalue weighted by molar-refractivity contribution is 7.98. The Balaban J connectivity index is 1.40. The van der Waals surface area contributed by atoms with Crippen molar-refractivity contribution >= 4 is 49.9 Å². The summed E-state index contributed by atoms with van der Waals surface area (Å²) in [6.07, 6.45) is 3.12. The molecule has 1 aliphatic rings. The van der Waals surface area contributed by atoms with Crippen LogP contribution in [0.15, 0.2) is 76.7 Å². The van der Waals surface area contributed by atoms with Crippen molar-refractivity contribution in [2.45, 2.75) is 37.1 Å². The van der Waals surface area contributed by atoms with E-state index in [0.29, 0.717) is 5.78 Å². The summed E-state index contributed by atoms with van der Waals surface area (Å²) in [5.41, 5.74) is 4.45. The number of thiophene rings is 1. The molecule has 0 aliphatic heterocycles. The minimum atomic E-state index is 0.00855. The van der Waals surface area contributed by atoms with Crippen LogP contribution in [0.25, 0.3) is 32.5 Å². The average molecular weight is 495 g/mol. The topological polar surface area (TPSA) is 52.2 Å². The third-order valence-corrected chi connectivity index (χ3v) is 9.09. The van der Waals surface area contributed by atoms with E-state index < -0.39 is 0 Å². The molecule has 1 aliphatic carbocycles. The highest BCUT2D eigenvalue weighted by Crippen LogP contribution is 2.38. The van der Waals surface area contributed by atoms with E-state index in [1.807, 2.05) is 24.3 Å². The second-order valence-electron chi connectivity index (χ2n) is 9.10. The summed E-state index contributed by atoms with van der Waals surface area (Å²) in [7, 11) is 0. The highest BCUT2D eigenvalue weighted by Gasteiger charge is 2.26. The molecule has 0 bridgehead atoms. The normalized spacial score (nSPS) is 13.3. The summed E-state index contributed by atoms with van der Waals surface area (Å²) in [6.45, 7) is 2.05. The van der Waals surface area contributed by atoms with Gasteiger partial charge in [-0.25, -0.2) is 8.97 Å². The fourth-order valence-electron chi connectivity index (χ4n) is 5.05. The van der Waals surface area contributed by atoms with E-state index in [9.17, 15) is 4.79 Å². The summed E-state index contributed by atoms with van der Waals surface area (Å²) in [5, 5.41) is 13.2. The zero-order valence-corrected chi connectivity index (χ0v) is 20.8. The molecule has 35 heavy (non-hydrogen) atoms. The van der Waals surface area contributed by atoms with Gasteiger partial charge >= 0.3 is 0 Å². The van der Waals surface area contributed by atoms with E-state index in [1.54, 1.807) is 27.7 Å². The Morgan fingerprint density at radius 2 is 1.80 bits per heavy atom. The fourth-order valence-corrected chi connectivity index (χ4v) is 7.36. The van der Waals surface area contributed by atoms with Crippen LogP contribution in [0.4, 0.5) is 0 Å². The van der Waals surface area contributed by atoms with Gasteiger partial charge < -0.3 is 0 Å². The van der Waals surface area contributed by atoms with Gasteiger partial charge in [0.15, 0.2) is 5.16 Å². The van der Waals surface area contributed by atoms with Gasteiger partial charge in [0.1, 0.15) is 4.83 Å². The number of hydrogen-bond acceptors (Lipinski definition) is 5. The molecule has 0 saturated carbocycles. The summed E-state index contributed by atoms with van der Waals surface area (Å²) >= 11 is 3.40. The van der Waals surface area contributed by atoms with Gasteiger partial charge in [0.2, 0.25) is 5.78 Å². The number of hydrogen-bond donors (Lipinski definition) is 0. The van der Waals surface area contributed by atoms with E-state index in [4.69, 9.17) is 0 Å². The minimum Gasteiger partial charge on any atom is -0.268 e. The van der Waals surface area contributed by atoms with E-state index in [1.165, 1.54) is 26.8 Å². The van der Waals surface area contributed by atoms with Crippen LogP contribution in [0, 0.1) is 6.92 Å². The minimum absolute atomic E-state index is 0.00855. The van der Waals surface area contributed by atoms with Crippen LogP contribution in [-0.2, 0) is 18.6 Å². The van der Waals surface area contributed by atoms with Crippen LogP contribution in [0.1, 0.15) is 28.0 Å². The Labute approximate surface area is 210 Å². The molecule has 172 valence electrons. The van der Waals surface area contributed by atoms with Gasteiger partial charge in [0, 0.05) is 10.6 Å². The molecule has 6 aromatic rings. The molecule has 3 heterocycles. The van der Waals surface area contributed by atoms with E-state index in [0.717, 1.165) is 51.6 Å². The highest BCUT2D eigenvalue weighted by atomic mass is 32.2. The second kappa shape index (κ2) is 8.07. The summed E-state index contributed by atoms with van der Waals surface area (Å²) in [4.78, 5) is 16.2. The predicted molar refractivity (Wildman–Crippen MR) is 144 cm³/mol. The molecule has 0 radical (unpaired) electrons. The lowest BCUT2D eigenvalue weighted by molar-refractivity contribution is 0.910. The van der Waals surface area contributed by atoms with E-state index in [2.05, 4.69) is 64.0 Å². The van der Waals surface area contributed by atoms with Crippen LogP contribution < -0.4 is 5.56 Å². The summed E-state index contributed by atoms with van der Waals surface area (Å²) in [6, 6.07) is 23.1. The number of thioether (sulfide) groups is 1. The SMILES string of the molecule is Cc1ccc(-n2c(=O)c3c4c(sc3n3c(SCc5ccc6ccccc6c5)nnc23)CCC4)cc1. The number of aryl methyl sites for hydroxylation is 3. The third kappa shape index (κ3) is 3.33. The van der Waals surface area contributed by atoms with Gasteiger partial charge in [0.05, 0.1) is 11.1 Å². The molecule has 0 spiro atoms. The molecule has 0 fully saturated rings. The summed E-state index contributed by atoms with van der Waals surface area (Å²) < 4.78 is 3.84. The standard InChI is InChI=1S/C28H22N4OS2/c1-17-9-13-21(14-10-17)31-25(33)24-22-7-4-8-23(22)35-26(24)32-27(31)29-30-28(32)34-16-18-11-12-19-5-2-3-6-20(19)15-18/h2-3,5-6,9-15H,4,7-8,16H2,1H3. The van der Waals surface area contributed by atoms with Crippen LogP contribution in [0.2, 0.25) is 0 Å². The molecular formula is C28H22N4OS2. The van der Waals surface area contributed by atoms with Gasteiger partial charge in [-0.1, -0.05) is 71.9 Å². The Morgan fingerprint density at radius 3 is 2.66 bits per heavy atom. The second-order valence-corrected chi connectivity index (χ2v) is 11.1. The number of nitrogens with zero attached hydrogens (tertiary/aromatic N) is 4. The lowest BCUT2D eigenvalue weighted by Gasteiger charge is -2.10. The monoisotopic (exact) mass is 494 g/mol. The van der Waals surface area contributed by atoms with Gasteiger partial charge in [0.25, 0.3) is 5.56 Å². The van der Waals surface area contributed by atoms with E-state index in [-0.39, 0.29) is 5.56 Å². The Bertz CT molecular complexity index is 1810. The zero-order chi connectivity index (χ0) is 23.5. The van der Waals surface area contributed by atoms with Crippen molar-refractivity contribution in [2.75, 3.05) is 0 Å². The van der Waals surface area contributed by atoms with Crippen molar-refractivity contribution in [3.8, 4) is 5.69 Å².